The third kappa shape index (κ3) is 3.66. The molecule has 1 aromatic carbocycles. The molecule has 24 heavy (non-hydrogen) atoms. The molecule has 0 N–H and O–H groups in total. The lowest BCUT2D eigenvalue weighted by atomic mass is 10.1. The van der Waals surface area contributed by atoms with E-state index in [1.165, 1.54) is 11.6 Å². The van der Waals surface area contributed by atoms with Gasteiger partial charge in [0.15, 0.2) is 0 Å². The molecular formula is C17H19ClN4O2. The summed E-state index contributed by atoms with van der Waals surface area (Å²) in [7, 11) is 0. The molecule has 1 aromatic heterocycles. The third-order valence-corrected chi connectivity index (χ3v) is 4.58. The number of rotatable bonds is 4. The van der Waals surface area contributed by atoms with Crippen molar-refractivity contribution in [3.05, 3.63) is 62.9 Å². The van der Waals surface area contributed by atoms with Crippen molar-refractivity contribution in [2.24, 2.45) is 0 Å². The zero-order valence-corrected chi connectivity index (χ0v) is 14.2. The van der Waals surface area contributed by atoms with Gasteiger partial charge in [0.05, 0.1) is 15.6 Å². The van der Waals surface area contributed by atoms with Crippen LogP contribution in [0.15, 0.2) is 36.7 Å². The van der Waals surface area contributed by atoms with E-state index in [-0.39, 0.29) is 5.69 Å². The van der Waals surface area contributed by atoms with Crippen molar-refractivity contribution in [3.63, 3.8) is 0 Å². The molecule has 3 rings (SSSR count). The molecule has 1 aliphatic rings. The molecule has 6 nitrogen and oxygen atoms in total. The average Bonchev–Trinajstić information content (AvgIpc) is 2.56. The van der Waals surface area contributed by atoms with E-state index in [9.17, 15) is 10.1 Å². The van der Waals surface area contributed by atoms with Gasteiger partial charge in [-0.25, -0.2) is 0 Å². The number of aryl methyl sites for hydroxylation is 1. The number of non-ortho nitro benzene ring substituents is 1. The number of nitro benzene ring substituents is 1. The number of pyridine rings is 1. The Bertz CT molecular complexity index is 708. The monoisotopic (exact) mass is 346 g/mol. The fourth-order valence-corrected chi connectivity index (χ4v) is 3.48. The molecule has 0 unspecified atom stereocenters. The van der Waals surface area contributed by atoms with Crippen molar-refractivity contribution in [1.29, 1.82) is 0 Å². The molecule has 2 heterocycles. The van der Waals surface area contributed by atoms with E-state index in [0.29, 0.717) is 5.02 Å². The molecule has 0 spiro atoms. The number of halogens is 1. The van der Waals surface area contributed by atoms with E-state index >= 15 is 0 Å². The van der Waals surface area contributed by atoms with Crippen LogP contribution in [0, 0.1) is 17.0 Å². The maximum Gasteiger partial charge on any atom is 0.271 e. The van der Waals surface area contributed by atoms with Crippen LogP contribution in [0.5, 0.6) is 0 Å². The first-order valence-corrected chi connectivity index (χ1v) is 8.23. The van der Waals surface area contributed by atoms with Crippen molar-refractivity contribution >= 4 is 23.0 Å². The van der Waals surface area contributed by atoms with E-state index in [1.807, 2.05) is 31.5 Å². The second-order valence-electron chi connectivity index (χ2n) is 5.97. The number of aromatic nitrogens is 1. The first-order valence-electron chi connectivity index (χ1n) is 7.85. The summed E-state index contributed by atoms with van der Waals surface area (Å²) in [5.74, 6) is 0. The summed E-state index contributed by atoms with van der Waals surface area (Å²) in [6, 6.07) is 7.09. The fourth-order valence-electron chi connectivity index (χ4n) is 3.10. The molecule has 0 radical (unpaired) electrons. The lowest BCUT2D eigenvalue weighted by Gasteiger charge is -2.37. The minimum atomic E-state index is -0.407. The Morgan fingerprint density at radius 2 is 1.88 bits per heavy atom. The first-order chi connectivity index (χ1) is 11.5. The maximum absolute atomic E-state index is 10.9. The average molecular weight is 347 g/mol. The minimum absolute atomic E-state index is 0.0394. The van der Waals surface area contributed by atoms with Crippen LogP contribution in [-0.4, -0.2) is 41.0 Å². The van der Waals surface area contributed by atoms with Crippen molar-refractivity contribution in [1.82, 2.24) is 9.88 Å². The number of nitrogens with zero attached hydrogens (tertiary/aromatic N) is 4. The van der Waals surface area contributed by atoms with Crippen molar-refractivity contribution in [2.75, 3.05) is 31.1 Å². The lowest BCUT2D eigenvalue weighted by molar-refractivity contribution is -0.384. The smallest absolute Gasteiger partial charge is 0.271 e. The zero-order valence-electron chi connectivity index (χ0n) is 13.5. The largest absolute Gasteiger partial charge is 0.368 e. The van der Waals surface area contributed by atoms with E-state index in [1.54, 1.807) is 6.07 Å². The maximum atomic E-state index is 10.9. The lowest BCUT2D eigenvalue weighted by Crippen LogP contribution is -2.46. The number of piperazine rings is 1. The summed E-state index contributed by atoms with van der Waals surface area (Å²) < 4.78 is 0. The first kappa shape index (κ1) is 16.7. The molecule has 0 aliphatic carbocycles. The summed E-state index contributed by atoms with van der Waals surface area (Å²) in [5, 5.41) is 11.4. The van der Waals surface area contributed by atoms with Crippen molar-refractivity contribution < 1.29 is 4.92 Å². The highest BCUT2D eigenvalue weighted by atomic mass is 35.5. The fraction of sp³-hybridized carbons (Fsp3) is 0.353. The molecule has 1 saturated heterocycles. The summed E-state index contributed by atoms with van der Waals surface area (Å²) in [6.07, 6.45) is 3.62. The van der Waals surface area contributed by atoms with Crippen LogP contribution in [0.3, 0.4) is 0 Å². The van der Waals surface area contributed by atoms with Gasteiger partial charge in [0.25, 0.3) is 5.69 Å². The number of anilines is 1. The van der Waals surface area contributed by atoms with Gasteiger partial charge >= 0.3 is 0 Å². The van der Waals surface area contributed by atoms with Crippen LogP contribution >= 0.6 is 11.6 Å². The number of nitro groups is 1. The van der Waals surface area contributed by atoms with Gasteiger partial charge in [0.1, 0.15) is 0 Å². The van der Waals surface area contributed by atoms with Crippen molar-refractivity contribution in [2.45, 2.75) is 13.5 Å². The van der Waals surface area contributed by atoms with E-state index < -0.39 is 4.92 Å². The molecule has 0 amide bonds. The van der Waals surface area contributed by atoms with E-state index in [0.717, 1.165) is 44.0 Å². The second-order valence-corrected chi connectivity index (χ2v) is 6.38. The zero-order chi connectivity index (χ0) is 17.1. The Labute approximate surface area is 145 Å². The Hall–Kier alpha value is -2.18. The predicted molar refractivity (Wildman–Crippen MR) is 94.6 cm³/mol. The molecule has 1 aliphatic heterocycles. The normalized spacial score (nSPS) is 15.5. The van der Waals surface area contributed by atoms with Crippen LogP contribution in [0.4, 0.5) is 11.4 Å². The topological polar surface area (TPSA) is 62.5 Å². The van der Waals surface area contributed by atoms with E-state index in [4.69, 9.17) is 11.6 Å². The van der Waals surface area contributed by atoms with Gasteiger partial charge in [0, 0.05) is 57.3 Å². The standard InChI is InChI=1S/C17H19ClN4O2/c1-13-10-15(22(23)24)11-16(18)17(13)21-8-6-20(7-9-21)12-14-2-4-19-5-3-14/h2-5,10-11H,6-9,12H2,1H3. The molecule has 126 valence electrons. The Kier molecular flexibility index (Phi) is 4.97. The van der Waals surface area contributed by atoms with Gasteiger partial charge in [-0.05, 0) is 30.2 Å². The summed E-state index contributed by atoms with van der Waals surface area (Å²) in [5.41, 5.74) is 3.04. The second kappa shape index (κ2) is 7.15. The molecular weight excluding hydrogens is 328 g/mol. The third-order valence-electron chi connectivity index (χ3n) is 4.29. The Morgan fingerprint density at radius 1 is 1.21 bits per heavy atom. The van der Waals surface area contributed by atoms with Gasteiger partial charge in [0.2, 0.25) is 0 Å². The number of hydrogen-bond acceptors (Lipinski definition) is 5. The minimum Gasteiger partial charge on any atom is -0.368 e. The summed E-state index contributed by atoms with van der Waals surface area (Å²) in [4.78, 5) is 19.2. The van der Waals surface area contributed by atoms with Gasteiger partial charge < -0.3 is 4.90 Å². The highest BCUT2D eigenvalue weighted by Crippen LogP contribution is 2.34. The SMILES string of the molecule is Cc1cc([N+](=O)[O-])cc(Cl)c1N1CCN(Cc2ccncc2)CC1. The highest BCUT2D eigenvalue weighted by Gasteiger charge is 2.22. The molecule has 0 saturated carbocycles. The van der Waals surface area contributed by atoms with Crippen LogP contribution in [0.25, 0.3) is 0 Å². The van der Waals surface area contributed by atoms with Gasteiger partial charge in [-0.3, -0.25) is 20.0 Å². The van der Waals surface area contributed by atoms with Gasteiger partial charge in [-0.15, -0.1) is 0 Å². The Morgan fingerprint density at radius 3 is 2.46 bits per heavy atom. The highest BCUT2D eigenvalue weighted by molar-refractivity contribution is 6.33. The van der Waals surface area contributed by atoms with Gasteiger partial charge in [-0.1, -0.05) is 11.6 Å². The van der Waals surface area contributed by atoms with Crippen LogP contribution in [-0.2, 0) is 6.54 Å². The number of benzene rings is 1. The Balaban J connectivity index is 1.67. The van der Waals surface area contributed by atoms with Gasteiger partial charge in [-0.2, -0.15) is 0 Å². The van der Waals surface area contributed by atoms with Crippen LogP contribution < -0.4 is 4.90 Å². The molecule has 7 heteroatoms. The molecule has 0 bridgehead atoms. The number of hydrogen-bond donors (Lipinski definition) is 0. The molecule has 0 atom stereocenters. The van der Waals surface area contributed by atoms with Crippen molar-refractivity contribution in [3.8, 4) is 0 Å². The summed E-state index contributed by atoms with van der Waals surface area (Å²) in [6.45, 7) is 6.33. The van der Waals surface area contributed by atoms with E-state index in [2.05, 4.69) is 14.8 Å². The molecule has 1 fully saturated rings. The molecule has 2 aromatic rings. The summed E-state index contributed by atoms with van der Waals surface area (Å²) >= 11 is 6.31. The van der Waals surface area contributed by atoms with Crippen LogP contribution in [0.2, 0.25) is 5.02 Å². The van der Waals surface area contributed by atoms with Crippen LogP contribution in [0.1, 0.15) is 11.1 Å². The predicted octanol–water partition coefficient (Wildman–Crippen LogP) is 3.27. The quantitative estimate of drug-likeness (QED) is 0.628.